The van der Waals surface area contributed by atoms with Crippen molar-refractivity contribution in [3.05, 3.63) is 46.7 Å². The van der Waals surface area contributed by atoms with E-state index in [1.807, 2.05) is 13.8 Å². The van der Waals surface area contributed by atoms with Crippen molar-refractivity contribution in [2.75, 3.05) is 6.54 Å². The number of hydrogen-bond donors (Lipinski definition) is 1. The summed E-state index contributed by atoms with van der Waals surface area (Å²) >= 11 is 0. The number of Topliss-reactive ketones (excluding diaryl/α,β-unsaturated/α-hetero) is 2. The van der Waals surface area contributed by atoms with Gasteiger partial charge in [-0.25, -0.2) is 0 Å². The molecule has 1 aromatic heterocycles. The van der Waals surface area contributed by atoms with Gasteiger partial charge in [-0.3, -0.25) is 14.4 Å². The molecule has 0 unspecified atom stereocenters. The van der Waals surface area contributed by atoms with Crippen molar-refractivity contribution >= 4 is 17.5 Å². The Morgan fingerprint density at radius 1 is 1.13 bits per heavy atom. The Morgan fingerprint density at radius 2 is 1.78 bits per heavy atom. The average molecular weight is 311 g/mol. The van der Waals surface area contributed by atoms with Crippen LogP contribution in [0.25, 0.3) is 11.3 Å². The molecule has 118 valence electrons. The lowest BCUT2D eigenvalue weighted by Gasteiger charge is -2.12. The van der Waals surface area contributed by atoms with E-state index in [2.05, 4.69) is 5.32 Å². The van der Waals surface area contributed by atoms with E-state index in [0.717, 1.165) is 0 Å². The van der Waals surface area contributed by atoms with Crippen LogP contribution in [0, 0.1) is 12.8 Å². The van der Waals surface area contributed by atoms with Crippen molar-refractivity contribution in [3.63, 3.8) is 0 Å². The maximum atomic E-state index is 12.4. The first-order valence-electron chi connectivity index (χ1n) is 7.51. The standard InChI is InChI=1S/C18H17NO4/c1-9(2)8-19-18(22)16-10(3)13-15(21)14(20)11-6-4-5-7-12(11)17(13)23-16/h4-7,9H,8H2,1-3H3,(H,19,22). The highest BCUT2D eigenvalue weighted by Crippen LogP contribution is 2.38. The van der Waals surface area contributed by atoms with Gasteiger partial charge in [-0.1, -0.05) is 38.1 Å². The SMILES string of the molecule is Cc1c(C(=O)NCC(C)C)oc2c1C(=O)C(=O)c1ccccc1-2. The molecule has 2 aromatic rings. The van der Waals surface area contributed by atoms with Gasteiger partial charge in [0.05, 0.1) is 5.56 Å². The molecular formula is C18H17NO4. The molecule has 0 saturated carbocycles. The first kappa shape index (κ1) is 15.2. The third-order valence-electron chi connectivity index (χ3n) is 3.87. The molecule has 23 heavy (non-hydrogen) atoms. The number of furan rings is 1. The third kappa shape index (κ3) is 2.38. The van der Waals surface area contributed by atoms with Crippen molar-refractivity contribution in [1.82, 2.24) is 5.32 Å². The summed E-state index contributed by atoms with van der Waals surface area (Å²) in [6.07, 6.45) is 0. The number of rotatable bonds is 3. The maximum Gasteiger partial charge on any atom is 0.287 e. The fraction of sp³-hybridized carbons (Fsp3) is 0.278. The van der Waals surface area contributed by atoms with Crippen LogP contribution in [0.3, 0.4) is 0 Å². The lowest BCUT2D eigenvalue weighted by atomic mass is 9.87. The summed E-state index contributed by atoms with van der Waals surface area (Å²) in [5.74, 6) is -0.865. The molecule has 1 N–H and O–H groups in total. The number of benzene rings is 1. The minimum absolute atomic E-state index is 0.0912. The van der Waals surface area contributed by atoms with E-state index < -0.39 is 11.6 Å². The Balaban J connectivity index is 2.11. The van der Waals surface area contributed by atoms with Crippen molar-refractivity contribution < 1.29 is 18.8 Å². The molecule has 1 aliphatic carbocycles. The van der Waals surface area contributed by atoms with Crippen LogP contribution >= 0.6 is 0 Å². The molecule has 0 aliphatic heterocycles. The molecule has 0 atom stereocenters. The minimum atomic E-state index is -0.622. The number of nitrogens with one attached hydrogen (secondary N) is 1. The zero-order valence-electron chi connectivity index (χ0n) is 13.2. The molecule has 1 aliphatic rings. The zero-order chi connectivity index (χ0) is 16.7. The Bertz CT molecular complexity index is 830. The van der Waals surface area contributed by atoms with Gasteiger partial charge < -0.3 is 9.73 Å². The summed E-state index contributed by atoms with van der Waals surface area (Å²) in [5.41, 5.74) is 1.48. The number of hydrogen-bond acceptors (Lipinski definition) is 4. The van der Waals surface area contributed by atoms with Crippen LogP contribution in [-0.4, -0.2) is 24.0 Å². The Kier molecular flexibility index (Phi) is 3.64. The normalized spacial score (nSPS) is 13.0. The van der Waals surface area contributed by atoms with Crippen LogP contribution in [0.1, 0.15) is 50.7 Å². The fourth-order valence-electron chi connectivity index (χ4n) is 2.69. The van der Waals surface area contributed by atoms with Crippen molar-refractivity contribution in [3.8, 4) is 11.3 Å². The van der Waals surface area contributed by atoms with Crippen LogP contribution in [0.2, 0.25) is 0 Å². The first-order chi connectivity index (χ1) is 10.9. The summed E-state index contributed by atoms with van der Waals surface area (Å²) < 4.78 is 5.69. The van der Waals surface area contributed by atoms with Crippen LogP contribution in [0.4, 0.5) is 0 Å². The average Bonchev–Trinajstić information content (AvgIpc) is 2.88. The number of carbonyl (C=O) groups is 3. The van der Waals surface area contributed by atoms with Crippen molar-refractivity contribution in [1.29, 1.82) is 0 Å². The number of carbonyl (C=O) groups excluding carboxylic acids is 3. The predicted octanol–water partition coefficient (Wildman–Crippen LogP) is 3.02. The molecular weight excluding hydrogens is 294 g/mol. The highest BCUT2D eigenvalue weighted by Gasteiger charge is 2.37. The summed E-state index contributed by atoms with van der Waals surface area (Å²) in [4.78, 5) is 36.9. The molecule has 0 saturated heterocycles. The number of ketones is 2. The zero-order valence-corrected chi connectivity index (χ0v) is 13.2. The van der Waals surface area contributed by atoms with Gasteiger partial charge in [0.1, 0.15) is 5.76 Å². The molecule has 5 nitrogen and oxygen atoms in total. The van der Waals surface area contributed by atoms with Gasteiger partial charge in [-0.2, -0.15) is 0 Å². The lowest BCUT2D eigenvalue weighted by molar-refractivity contribution is 0.0814. The smallest absolute Gasteiger partial charge is 0.287 e. The van der Waals surface area contributed by atoms with E-state index in [-0.39, 0.29) is 17.2 Å². The van der Waals surface area contributed by atoms with Gasteiger partial charge in [0.25, 0.3) is 5.91 Å². The molecule has 0 spiro atoms. The van der Waals surface area contributed by atoms with Crippen molar-refractivity contribution in [2.24, 2.45) is 5.92 Å². The van der Waals surface area contributed by atoms with Gasteiger partial charge in [0.15, 0.2) is 5.76 Å². The second-order valence-corrected chi connectivity index (χ2v) is 6.07. The van der Waals surface area contributed by atoms with Gasteiger partial charge in [0, 0.05) is 23.2 Å². The molecule has 3 rings (SSSR count). The molecule has 5 heteroatoms. The minimum Gasteiger partial charge on any atom is -0.450 e. The summed E-state index contributed by atoms with van der Waals surface area (Å²) in [6, 6.07) is 6.77. The largest absolute Gasteiger partial charge is 0.450 e. The van der Waals surface area contributed by atoms with E-state index in [1.165, 1.54) is 0 Å². The first-order valence-corrected chi connectivity index (χ1v) is 7.51. The Hall–Kier alpha value is -2.69. The molecule has 1 heterocycles. The summed E-state index contributed by atoms with van der Waals surface area (Å²) in [6.45, 7) is 6.11. The molecule has 1 amide bonds. The second kappa shape index (κ2) is 5.50. The maximum absolute atomic E-state index is 12.4. The van der Waals surface area contributed by atoms with E-state index >= 15 is 0 Å². The molecule has 0 radical (unpaired) electrons. The monoisotopic (exact) mass is 311 g/mol. The van der Waals surface area contributed by atoms with Crippen molar-refractivity contribution in [2.45, 2.75) is 20.8 Å². The number of amides is 1. The quantitative estimate of drug-likeness (QED) is 0.884. The van der Waals surface area contributed by atoms with Gasteiger partial charge in [0.2, 0.25) is 11.6 Å². The van der Waals surface area contributed by atoms with Gasteiger partial charge in [-0.15, -0.1) is 0 Å². The molecule has 1 aromatic carbocycles. The van der Waals surface area contributed by atoms with E-state index in [0.29, 0.717) is 34.9 Å². The lowest BCUT2D eigenvalue weighted by Crippen LogP contribution is -2.27. The van der Waals surface area contributed by atoms with Crippen LogP contribution in [-0.2, 0) is 0 Å². The van der Waals surface area contributed by atoms with Crippen LogP contribution < -0.4 is 5.32 Å². The van der Waals surface area contributed by atoms with E-state index in [4.69, 9.17) is 4.42 Å². The molecule has 0 bridgehead atoms. The van der Waals surface area contributed by atoms with Crippen LogP contribution in [0.15, 0.2) is 28.7 Å². The summed E-state index contributed by atoms with van der Waals surface area (Å²) in [7, 11) is 0. The Morgan fingerprint density at radius 3 is 2.43 bits per heavy atom. The van der Waals surface area contributed by atoms with Crippen LogP contribution in [0.5, 0.6) is 0 Å². The van der Waals surface area contributed by atoms with Gasteiger partial charge >= 0.3 is 0 Å². The van der Waals surface area contributed by atoms with E-state index in [1.54, 1.807) is 31.2 Å². The molecule has 0 fully saturated rings. The fourth-order valence-corrected chi connectivity index (χ4v) is 2.69. The van der Waals surface area contributed by atoms with Gasteiger partial charge in [-0.05, 0) is 12.8 Å². The second-order valence-electron chi connectivity index (χ2n) is 6.07. The highest BCUT2D eigenvalue weighted by atomic mass is 16.4. The highest BCUT2D eigenvalue weighted by molar-refractivity contribution is 6.53. The summed E-state index contributed by atoms with van der Waals surface area (Å²) in [5, 5.41) is 2.77. The topological polar surface area (TPSA) is 76.4 Å². The Labute approximate surface area is 133 Å². The predicted molar refractivity (Wildman–Crippen MR) is 84.7 cm³/mol. The third-order valence-corrected chi connectivity index (χ3v) is 3.87. The van der Waals surface area contributed by atoms with E-state index in [9.17, 15) is 14.4 Å². The number of fused-ring (bicyclic) bond motifs is 3.